The van der Waals surface area contributed by atoms with Gasteiger partial charge in [0.25, 0.3) is 0 Å². The van der Waals surface area contributed by atoms with Crippen LogP contribution in [0.5, 0.6) is 5.75 Å². The summed E-state index contributed by atoms with van der Waals surface area (Å²) in [5.41, 5.74) is 1.51. The highest BCUT2D eigenvalue weighted by Crippen LogP contribution is 2.17. The van der Waals surface area contributed by atoms with Gasteiger partial charge in [0.1, 0.15) is 5.75 Å². The third-order valence-electron chi connectivity index (χ3n) is 3.42. The number of urea groups is 1. The summed E-state index contributed by atoms with van der Waals surface area (Å²) < 4.78 is 10.2. The maximum absolute atomic E-state index is 12.1. The third-order valence-corrected chi connectivity index (χ3v) is 3.42. The van der Waals surface area contributed by atoms with Crippen LogP contribution in [0, 0.1) is 0 Å². The van der Waals surface area contributed by atoms with Gasteiger partial charge in [0, 0.05) is 11.4 Å². The van der Waals surface area contributed by atoms with Gasteiger partial charge < -0.3 is 20.1 Å². The fourth-order valence-electron chi connectivity index (χ4n) is 2.10. The summed E-state index contributed by atoms with van der Waals surface area (Å²) in [6, 6.07) is 13.3. The molecular weight excluding hydrogens is 320 g/mol. The standard InChI is InChI=1S/C19H22N2O4/c1-3-4-12-25-17-10-8-15(9-11-17)20-19(23)21-16-7-5-6-14(13-16)18(22)24-2/h5-11,13H,3-4,12H2,1-2H3,(H2,20,21,23). The first kappa shape index (κ1) is 18.3. The molecule has 6 heteroatoms. The summed E-state index contributed by atoms with van der Waals surface area (Å²) in [6.45, 7) is 2.79. The van der Waals surface area contributed by atoms with E-state index < -0.39 is 12.0 Å². The zero-order chi connectivity index (χ0) is 18.1. The minimum Gasteiger partial charge on any atom is -0.494 e. The Morgan fingerprint density at radius 1 is 1.00 bits per heavy atom. The van der Waals surface area contributed by atoms with Gasteiger partial charge >= 0.3 is 12.0 Å². The number of rotatable bonds is 7. The van der Waals surface area contributed by atoms with Gasteiger partial charge in [-0.05, 0) is 48.9 Å². The van der Waals surface area contributed by atoms with Gasteiger partial charge in [0.05, 0.1) is 19.3 Å². The second-order valence-electron chi connectivity index (χ2n) is 5.38. The van der Waals surface area contributed by atoms with E-state index in [4.69, 9.17) is 4.74 Å². The third kappa shape index (κ3) is 5.84. The van der Waals surface area contributed by atoms with Gasteiger partial charge in [-0.2, -0.15) is 0 Å². The van der Waals surface area contributed by atoms with Crippen LogP contribution in [0.2, 0.25) is 0 Å². The largest absolute Gasteiger partial charge is 0.494 e. The average Bonchev–Trinajstić information content (AvgIpc) is 2.63. The van der Waals surface area contributed by atoms with Gasteiger partial charge in [-0.1, -0.05) is 19.4 Å². The monoisotopic (exact) mass is 342 g/mol. The molecule has 0 saturated carbocycles. The van der Waals surface area contributed by atoms with Crippen LogP contribution in [0.15, 0.2) is 48.5 Å². The van der Waals surface area contributed by atoms with Crippen LogP contribution in [0.1, 0.15) is 30.1 Å². The van der Waals surface area contributed by atoms with Crippen molar-refractivity contribution in [2.75, 3.05) is 24.4 Å². The highest BCUT2D eigenvalue weighted by atomic mass is 16.5. The summed E-state index contributed by atoms with van der Waals surface area (Å²) in [5, 5.41) is 5.40. The second-order valence-corrected chi connectivity index (χ2v) is 5.38. The molecule has 2 rings (SSSR count). The van der Waals surface area contributed by atoms with E-state index in [1.165, 1.54) is 7.11 Å². The summed E-state index contributed by atoms with van der Waals surface area (Å²) in [5.74, 6) is 0.313. The molecule has 0 aliphatic rings. The Morgan fingerprint density at radius 2 is 1.72 bits per heavy atom. The summed E-state index contributed by atoms with van der Waals surface area (Å²) in [4.78, 5) is 23.6. The number of methoxy groups -OCH3 is 1. The Hall–Kier alpha value is -3.02. The molecule has 0 radical (unpaired) electrons. The number of hydrogen-bond donors (Lipinski definition) is 2. The molecule has 0 aliphatic carbocycles. The number of benzene rings is 2. The molecule has 132 valence electrons. The lowest BCUT2D eigenvalue weighted by Gasteiger charge is -2.10. The Morgan fingerprint density at radius 3 is 2.40 bits per heavy atom. The number of anilines is 2. The number of unbranched alkanes of at least 4 members (excludes halogenated alkanes) is 1. The van der Waals surface area contributed by atoms with E-state index in [1.54, 1.807) is 36.4 Å². The van der Waals surface area contributed by atoms with E-state index in [1.807, 2.05) is 12.1 Å². The molecule has 2 aromatic carbocycles. The first-order valence-electron chi connectivity index (χ1n) is 8.11. The molecule has 0 aromatic heterocycles. The smallest absolute Gasteiger partial charge is 0.337 e. The number of carbonyl (C=O) groups excluding carboxylic acids is 2. The van der Waals surface area contributed by atoms with Crippen LogP contribution in [0.3, 0.4) is 0 Å². The van der Waals surface area contributed by atoms with Crippen LogP contribution in [-0.4, -0.2) is 25.7 Å². The molecular formula is C19H22N2O4. The van der Waals surface area contributed by atoms with Crippen molar-refractivity contribution >= 4 is 23.4 Å². The van der Waals surface area contributed by atoms with Gasteiger partial charge in [-0.15, -0.1) is 0 Å². The molecule has 0 spiro atoms. The van der Waals surface area contributed by atoms with Crippen molar-refractivity contribution in [3.63, 3.8) is 0 Å². The van der Waals surface area contributed by atoms with Crippen LogP contribution in [0.4, 0.5) is 16.2 Å². The molecule has 6 nitrogen and oxygen atoms in total. The molecule has 0 bridgehead atoms. The quantitative estimate of drug-likeness (QED) is 0.581. The lowest BCUT2D eigenvalue weighted by molar-refractivity contribution is 0.0600. The molecule has 0 fully saturated rings. The van der Waals surface area contributed by atoms with Crippen LogP contribution >= 0.6 is 0 Å². The summed E-state index contributed by atoms with van der Waals surface area (Å²) >= 11 is 0. The zero-order valence-electron chi connectivity index (χ0n) is 14.4. The van der Waals surface area contributed by atoms with Crippen molar-refractivity contribution in [2.45, 2.75) is 19.8 Å². The van der Waals surface area contributed by atoms with Crippen LogP contribution in [0.25, 0.3) is 0 Å². The Kier molecular flexibility index (Phi) is 6.83. The van der Waals surface area contributed by atoms with Gasteiger partial charge in [-0.25, -0.2) is 9.59 Å². The second kappa shape index (κ2) is 9.32. The molecule has 0 unspecified atom stereocenters. The van der Waals surface area contributed by atoms with E-state index in [0.29, 0.717) is 23.5 Å². The Balaban J connectivity index is 1.90. The summed E-state index contributed by atoms with van der Waals surface area (Å²) in [7, 11) is 1.31. The fraction of sp³-hybridized carbons (Fsp3) is 0.263. The number of carbonyl (C=O) groups is 2. The highest BCUT2D eigenvalue weighted by Gasteiger charge is 2.08. The normalized spacial score (nSPS) is 10.0. The highest BCUT2D eigenvalue weighted by molar-refractivity contribution is 6.00. The maximum Gasteiger partial charge on any atom is 0.337 e. The maximum atomic E-state index is 12.1. The summed E-state index contributed by atoms with van der Waals surface area (Å²) in [6.07, 6.45) is 2.09. The molecule has 2 aromatic rings. The van der Waals surface area contributed by atoms with E-state index in [-0.39, 0.29) is 0 Å². The zero-order valence-corrected chi connectivity index (χ0v) is 14.4. The minimum atomic E-state index is -0.456. The Bertz CT molecular complexity index is 714. The van der Waals surface area contributed by atoms with E-state index in [9.17, 15) is 9.59 Å². The van der Waals surface area contributed by atoms with Crippen molar-refractivity contribution in [1.82, 2.24) is 0 Å². The number of ether oxygens (including phenoxy) is 2. The number of hydrogen-bond acceptors (Lipinski definition) is 4. The van der Waals surface area contributed by atoms with Crippen molar-refractivity contribution < 1.29 is 19.1 Å². The van der Waals surface area contributed by atoms with Crippen molar-refractivity contribution in [3.8, 4) is 5.75 Å². The molecule has 2 N–H and O–H groups in total. The Labute approximate surface area is 147 Å². The van der Waals surface area contributed by atoms with Crippen LogP contribution < -0.4 is 15.4 Å². The molecule has 0 saturated heterocycles. The lowest BCUT2D eigenvalue weighted by Crippen LogP contribution is -2.19. The topological polar surface area (TPSA) is 76.7 Å². The number of amides is 2. The molecule has 0 atom stereocenters. The predicted molar refractivity (Wildman–Crippen MR) is 97.3 cm³/mol. The SMILES string of the molecule is CCCCOc1ccc(NC(=O)Nc2cccc(C(=O)OC)c2)cc1. The predicted octanol–water partition coefficient (Wildman–Crippen LogP) is 4.30. The molecule has 2 amide bonds. The first-order chi connectivity index (χ1) is 12.1. The average molecular weight is 342 g/mol. The molecule has 25 heavy (non-hydrogen) atoms. The van der Waals surface area contributed by atoms with E-state index >= 15 is 0 Å². The fourth-order valence-corrected chi connectivity index (χ4v) is 2.10. The number of esters is 1. The first-order valence-corrected chi connectivity index (χ1v) is 8.11. The van der Waals surface area contributed by atoms with E-state index in [0.717, 1.165) is 18.6 Å². The molecule has 0 aliphatic heterocycles. The van der Waals surface area contributed by atoms with Gasteiger partial charge in [0.2, 0.25) is 0 Å². The lowest BCUT2D eigenvalue weighted by atomic mass is 10.2. The van der Waals surface area contributed by atoms with Gasteiger partial charge in [0.15, 0.2) is 0 Å². The van der Waals surface area contributed by atoms with Crippen LogP contribution in [-0.2, 0) is 4.74 Å². The van der Waals surface area contributed by atoms with Crippen molar-refractivity contribution in [3.05, 3.63) is 54.1 Å². The molecule has 0 heterocycles. The van der Waals surface area contributed by atoms with Crippen molar-refractivity contribution in [2.24, 2.45) is 0 Å². The van der Waals surface area contributed by atoms with Gasteiger partial charge in [-0.3, -0.25) is 0 Å². The number of nitrogens with one attached hydrogen (secondary N) is 2. The van der Waals surface area contributed by atoms with E-state index in [2.05, 4.69) is 22.3 Å². The minimum absolute atomic E-state index is 0.369. The van der Waals surface area contributed by atoms with Crippen molar-refractivity contribution in [1.29, 1.82) is 0 Å².